The van der Waals surface area contributed by atoms with Crippen molar-refractivity contribution in [1.82, 2.24) is 10.2 Å². The van der Waals surface area contributed by atoms with Crippen molar-refractivity contribution in [2.75, 3.05) is 25.1 Å². The molecule has 1 aromatic heterocycles. The van der Waals surface area contributed by atoms with Gasteiger partial charge >= 0.3 is 0 Å². The third-order valence-corrected chi connectivity index (χ3v) is 3.59. The molecule has 0 bridgehead atoms. The molecule has 0 spiro atoms. The number of piperidine rings is 1. The van der Waals surface area contributed by atoms with Gasteiger partial charge in [0, 0.05) is 20.2 Å². The number of nitrogens with zero attached hydrogens (tertiary/aromatic N) is 3. The summed E-state index contributed by atoms with van der Waals surface area (Å²) in [6.45, 7) is 4.01. The van der Waals surface area contributed by atoms with Crippen LogP contribution in [0, 0.1) is 0 Å². The minimum atomic E-state index is -0.0783. The van der Waals surface area contributed by atoms with E-state index in [0.717, 1.165) is 37.4 Å². The second kappa shape index (κ2) is 5.19. The van der Waals surface area contributed by atoms with Gasteiger partial charge in [0.15, 0.2) is 5.82 Å². The van der Waals surface area contributed by atoms with E-state index in [1.165, 1.54) is 0 Å². The molecular formula is C12H18ClN3O. The summed E-state index contributed by atoms with van der Waals surface area (Å²) >= 11 is 5.70. The number of hydrogen-bond acceptors (Lipinski definition) is 4. The van der Waals surface area contributed by atoms with Gasteiger partial charge in [0.25, 0.3) is 0 Å². The highest BCUT2D eigenvalue weighted by Gasteiger charge is 2.31. The van der Waals surface area contributed by atoms with Gasteiger partial charge in [-0.25, -0.2) is 0 Å². The number of rotatable bonds is 3. The molecule has 1 aliphatic rings. The van der Waals surface area contributed by atoms with Crippen LogP contribution in [0.15, 0.2) is 12.1 Å². The molecule has 1 unspecified atom stereocenters. The first-order valence-corrected chi connectivity index (χ1v) is 6.39. The first-order valence-electron chi connectivity index (χ1n) is 5.85. The van der Waals surface area contributed by atoms with E-state index in [4.69, 9.17) is 16.3 Å². The highest BCUT2D eigenvalue weighted by atomic mass is 35.5. The second-order valence-electron chi connectivity index (χ2n) is 4.70. The summed E-state index contributed by atoms with van der Waals surface area (Å²) in [5.41, 5.74) is 0.729. The maximum absolute atomic E-state index is 5.70. The minimum absolute atomic E-state index is 0.0783. The molecule has 1 aromatic rings. The van der Waals surface area contributed by atoms with Gasteiger partial charge in [-0.2, -0.15) is 5.10 Å². The average molecular weight is 256 g/mol. The number of ether oxygens (including phenoxy) is 1. The topological polar surface area (TPSA) is 38.2 Å². The molecule has 1 atom stereocenters. The predicted octanol–water partition coefficient (Wildman–Crippen LogP) is 2.22. The fraction of sp³-hybridized carbons (Fsp3) is 0.667. The van der Waals surface area contributed by atoms with Gasteiger partial charge < -0.3 is 9.64 Å². The Hall–Kier alpha value is -0.870. The van der Waals surface area contributed by atoms with E-state index < -0.39 is 0 Å². The van der Waals surface area contributed by atoms with E-state index in [0.29, 0.717) is 5.88 Å². The molecule has 5 heteroatoms. The molecule has 2 rings (SSSR count). The van der Waals surface area contributed by atoms with Crippen LogP contribution in [0.4, 0.5) is 5.82 Å². The molecule has 0 saturated carbocycles. The maximum Gasteiger partial charge on any atom is 0.151 e. The number of methoxy groups -OCH3 is 1. The second-order valence-corrected chi connectivity index (χ2v) is 4.96. The van der Waals surface area contributed by atoms with Gasteiger partial charge in [0.1, 0.15) is 0 Å². The zero-order chi connectivity index (χ0) is 12.3. The maximum atomic E-state index is 5.70. The molecular weight excluding hydrogens is 238 g/mol. The first-order chi connectivity index (χ1) is 8.17. The lowest BCUT2D eigenvalue weighted by molar-refractivity contribution is -0.00484. The van der Waals surface area contributed by atoms with Crippen molar-refractivity contribution in [2.24, 2.45) is 0 Å². The molecule has 0 aliphatic carbocycles. The van der Waals surface area contributed by atoms with E-state index in [1.54, 1.807) is 7.11 Å². The fourth-order valence-electron chi connectivity index (χ4n) is 2.16. The standard InChI is InChI=1S/C12H18ClN3O/c1-12(17-2)6-3-7-16(9-12)11-5-4-10(8-13)14-15-11/h4-5H,3,6-9H2,1-2H3. The number of aromatic nitrogens is 2. The zero-order valence-electron chi connectivity index (χ0n) is 10.3. The number of halogens is 1. The SMILES string of the molecule is COC1(C)CCCN(c2ccc(CCl)nn2)C1. The summed E-state index contributed by atoms with van der Waals surface area (Å²) in [6.07, 6.45) is 2.20. The van der Waals surface area contributed by atoms with Crippen molar-refractivity contribution in [1.29, 1.82) is 0 Å². The summed E-state index contributed by atoms with van der Waals surface area (Å²) in [5, 5.41) is 8.29. The van der Waals surface area contributed by atoms with Crippen LogP contribution in [0.5, 0.6) is 0 Å². The van der Waals surface area contributed by atoms with Gasteiger partial charge in [-0.05, 0) is 31.9 Å². The van der Waals surface area contributed by atoms with E-state index >= 15 is 0 Å². The normalized spacial score (nSPS) is 25.0. The summed E-state index contributed by atoms with van der Waals surface area (Å²) < 4.78 is 5.56. The number of alkyl halides is 1. The molecule has 0 aromatic carbocycles. The van der Waals surface area contributed by atoms with Crippen LogP contribution in [0.25, 0.3) is 0 Å². The van der Waals surface area contributed by atoms with Crippen LogP contribution >= 0.6 is 11.6 Å². The van der Waals surface area contributed by atoms with Gasteiger partial charge in [0.05, 0.1) is 17.2 Å². The molecule has 0 amide bonds. The molecule has 1 fully saturated rings. The first kappa shape index (κ1) is 12.6. The molecule has 4 nitrogen and oxygen atoms in total. The van der Waals surface area contributed by atoms with Gasteiger partial charge in [-0.15, -0.1) is 16.7 Å². The summed E-state index contributed by atoms with van der Waals surface area (Å²) in [6, 6.07) is 3.90. The Kier molecular flexibility index (Phi) is 3.84. The van der Waals surface area contributed by atoms with Crippen LogP contribution in [0.1, 0.15) is 25.5 Å². The molecule has 1 saturated heterocycles. The molecule has 94 valence electrons. The van der Waals surface area contributed by atoms with Crippen LogP contribution in [-0.4, -0.2) is 36.0 Å². The monoisotopic (exact) mass is 255 g/mol. The fourth-order valence-corrected chi connectivity index (χ4v) is 2.30. The van der Waals surface area contributed by atoms with Crippen molar-refractivity contribution in [3.63, 3.8) is 0 Å². The summed E-state index contributed by atoms with van der Waals surface area (Å²) in [5.74, 6) is 1.31. The Labute approximate surface area is 107 Å². The molecule has 0 radical (unpaired) electrons. The predicted molar refractivity (Wildman–Crippen MR) is 68.5 cm³/mol. The number of hydrogen-bond donors (Lipinski definition) is 0. The Morgan fingerprint density at radius 1 is 1.47 bits per heavy atom. The smallest absolute Gasteiger partial charge is 0.151 e. The lowest BCUT2D eigenvalue weighted by Gasteiger charge is -2.39. The van der Waals surface area contributed by atoms with Gasteiger partial charge in [-0.1, -0.05) is 0 Å². The largest absolute Gasteiger partial charge is 0.377 e. The molecule has 17 heavy (non-hydrogen) atoms. The Balaban J connectivity index is 2.10. The molecule has 1 aliphatic heterocycles. The Morgan fingerprint density at radius 2 is 2.29 bits per heavy atom. The van der Waals surface area contributed by atoms with Crippen LogP contribution in [0.2, 0.25) is 0 Å². The van der Waals surface area contributed by atoms with Crippen molar-refractivity contribution < 1.29 is 4.74 Å². The van der Waals surface area contributed by atoms with Crippen molar-refractivity contribution in [3.8, 4) is 0 Å². The third-order valence-electron chi connectivity index (χ3n) is 3.32. The molecule has 0 N–H and O–H groups in total. The van der Waals surface area contributed by atoms with E-state index in [2.05, 4.69) is 22.0 Å². The minimum Gasteiger partial charge on any atom is -0.377 e. The lowest BCUT2D eigenvalue weighted by Crippen LogP contribution is -2.47. The molecule has 2 heterocycles. The Bertz CT molecular complexity index is 371. The summed E-state index contributed by atoms with van der Waals surface area (Å²) in [7, 11) is 1.77. The zero-order valence-corrected chi connectivity index (χ0v) is 11.1. The highest BCUT2D eigenvalue weighted by Crippen LogP contribution is 2.26. The van der Waals surface area contributed by atoms with Gasteiger partial charge in [0.2, 0.25) is 0 Å². The van der Waals surface area contributed by atoms with Crippen molar-refractivity contribution >= 4 is 17.4 Å². The van der Waals surface area contributed by atoms with E-state index in [1.807, 2.05) is 12.1 Å². The van der Waals surface area contributed by atoms with E-state index in [9.17, 15) is 0 Å². The number of anilines is 1. The van der Waals surface area contributed by atoms with E-state index in [-0.39, 0.29) is 5.60 Å². The Morgan fingerprint density at radius 3 is 2.88 bits per heavy atom. The average Bonchev–Trinajstić information content (AvgIpc) is 2.39. The van der Waals surface area contributed by atoms with Crippen LogP contribution in [0.3, 0.4) is 0 Å². The lowest BCUT2D eigenvalue weighted by atomic mass is 9.95. The van der Waals surface area contributed by atoms with Gasteiger partial charge in [-0.3, -0.25) is 0 Å². The van der Waals surface area contributed by atoms with Crippen LogP contribution < -0.4 is 4.90 Å². The quantitative estimate of drug-likeness (QED) is 0.777. The van der Waals surface area contributed by atoms with Crippen molar-refractivity contribution in [3.05, 3.63) is 17.8 Å². The van der Waals surface area contributed by atoms with Crippen molar-refractivity contribution in [2.45, 2.75) is 31.2 Å². The summed E-state index contributed by atoms with van der Waals surface area (Å²) in [4.78, 5) is 2.22. The third kappa shape index (κ3) is 2.87. The highest BCUT2D eigenvalue weighted by molar-refractivity contribution is 6.16. The van der Waals surface area contributed by atoms with Crippen LogP contribution in [-0.2, 0) is 10.6 Å².